The van der Waals surface area contributed by atoms with E-state index in [1.165, 1.54) is 4.57 Å². The van der Waals surface area contributed by atoms with Gasteiger partial charge in [0.1, 0.15) is 5.52 Å². The Morgan fingerprint density at radius 3 is 2.54 bits per heavy atom. The van der Waals surface area contributed by atoms with E-state index in [1.54, 1.807) is 6.07 Å². The van der Waals surface area contributed by atoms with Crippen LogP contribution in [0.25, 0.3) is 28.2 Å². The maximum absolute atomic E-state index is 12.6. The molecule has 0 saturated heterocycles. The minimum Gasteiger partial charge on any atom is -0.364 e. The molecule has 0 aliphatic rings. The fraction of sp³-hybridized carbons (Fsp3) is 0.0526. The first-order valence-electron chi connectivity index (χ1n) is 7.99. The van der Waals surface area contributed by atoms with Crippen molar-refractivity contribution in [2.45, 2.75) is 6.92 Å². The molecule has 0 aliphatic heterocycles. The number of hydrogen-bond donors (Lipinski definition) is 2. The number of benzene rings is 2. The number of rotatable bonds is 3. The highest BCUT2D eigenvalue weighted by atomic mass is 16.2. The summed E-state index contributed by atoms with van der Waals surface area (Å²) in [6.07, 6.45) is 0. The fourth-order valence-corrected chi connectivity index (χ4v) is 2.89. The van der Waals surface area contributed by atoms with E-state index in [0.717, 1.165) is 11.1 Å². The number of aromatic nitrogens is 4. The molecule has 0 spiro atoms. The van der Waals surface area contributed by atoms with Crippen molar-refractivity contribution in [3.63, 3.8) is 0 Å². The van der Waals surface area contributed by atoms with Crippen molar-refractivity contribution in [2.75, 3.05) is 0 Å². The monoisotopic (exact) mass is 345 g/mol. The van der Waals surface area contributed by atoms with E-state index >= 15 is 0 Å². The molecule has 0 aliphatic carbocycles. The van der Waals surface area contributed by atoms with Crippen molar-refractivity contribution in [1.29, 1.82) is 0 Å². The fourth-order valence-electron chi connectivity index (χ4n) is 2.89. The number of aryl methyl sites for hydroxylation is 1. The third-order valence-electron chi connectivity index (χ3n) is 4.06. The number of fused-ring (bicyclic) bond motifs is 1. The summed E-state index contributed by atoms with van der Waals surface area (Å²) in [6.45, 7) is 1.93. The van der Waals surface area contributed by atoms with E-state index in [4.69, 9.17) is 5.73 Å². The lowest BCUT2D eigenvalue weighted by atomic mass is 10.2. The van der Waals surface area contributed by atoms with Gasteiger partial charge >= 0.3 is 5.69 Å². The van der Waals surface area contributed by atoms with Crippen LogP contribution in [-0.2, 0) is 0 Å². The Kier molecular flexibility index (Phi) is 3.62. The van der Waals surface area contributed by atoms with Crippen LogP contribution in [0.3, 0.4) is 0 Å². The molecule has 4 aromatic rings. The van der Waals surface area contributed by atoms with Gasteiger partial charge in [-0.3, -0.25) is 4.79 Å². The van der Waals surface area contributed by atoms with E-state index in [0.29, 0.717) is 17.2 Å². The molecule has 0 radical (unpaired) electrons. The standard InChI is InChI=1S/C19H15N5O2/c1-11-6-5-9-13(10-11)24-18-15(22-19(24)26)14(16(20)25)21-17(23-18)12-7-3-2-4-8-12/h2-10H,1H3,(H2,20,25)(H,22,26). The first-order chi connectivity index (χ1) is 12.5. The average molecular weight is 345 g/mol. The van der Waals surface area contributed by atoms with E-state index in [-0.39, 0.29) is 11.2 Å². The smallest absolute Gasteiger partial charge is 0.332 e. The van der Waals surface area contributed by atoms with Gasteiger partial charge in [-0.25, -0.2) is 19.3 Å². The van der Waals surface area contributed by atoms with Crippen molar-refractivity contribution in [2.24, 2.45) is 5.73 Å². The summed E-state index contributed by atoms with van der Waals surface area (Å²) in [7, 11) is 0. The van der Waals surface area contributed by atoms with Gasteiger partial charge in [0, 0.05) is 5.56 Å². The van der Waals surface area contributed by atoms with Crippen LogP contribution in [0.4, 0.5) is 0 Å². The van der Waals surface area contributed by atoms with Crippen LogP contribution in [0.15, 0.2) is 59.4 Å². The van der Waals surface area contributed by atoms with Gasteiger partial charge in [0.15, 0.2) is 17.2 Å². The molecule has 0 unspecified atom stereocenters. The molecule has 7 nitrogen and oxygen atoms in total. The highest BCUT2D eigenvalue weighted by Crippen LogP contribution is 2.22. The predicted molar refractivity (Wildman–Crippen MR) is 98.2 cm³/mol. The van der Waals surface area contributed by atoms with Crippen molar-refractivity contribution in [3.05, 3.63) is 76.3 Å². The zero-order chi connectivity index (χ0) is 18.3. The zero-order valence-corrected chi connectivity index (χ0v) is 13.9. The molecule has 26 heavy (non-hydrogen) atoms. The second-order valence-electron chi connectivity index (χ2n) is 5.93. The summed E-state index contributed by atoms with van der Waals surface area (Å²) in [5.74, 6) is -0.403. The number of carbonyl (C=O) groups is 1. The maximum Gasteiger partial charge on any atom is 0.332 e. The molecule has 0 fully saturated rings. The molecule has 128 valence electrons. The van der Waals surface area contributed by atoms with Crippen LogP contribution < -0.4 is 11.4 Å². The molecule has 0 saturated carbocycles. The van der Waals surface area contributed by atoms with E-state index < -0.39 is 11.6 Å². The molecule has 2 heterocycles. The van der Waals surface area contributed by atoms with Gasteiger partial charge < -0.3 is 10.7 Å². The molecular weight excluding hydrogens is 330 g/mol. The number of amides is 1. The molecule has 0 bridgehead atoms. The highest BCUT2D eigenvalue weighted by Gasteiger charge is 2.20. The van der Waals surface area contributed by atoms with E-state index in [2.05, 4.69) is 15.0 Å². The van der Waals surface area contributed by atoms with Gasteiger partial charge in [0.25, 0.3) is 5.91 Å². The number of imidazole rings is 1. The first-order valence-corrected chi connectivity index (χ1v) is 7.99. The second kappa shape index (κ2) is 5.96. The minimum atomic E-state index is -0.729. The van der Waals surface area contributed by atoms with Crippen LogP contribution in [-0.4, -0.2) is 25.4 Å². The molecule has 7 heteroatoms. The summed E-state index contributed by atoms with van der Waals surface area (Å²) in [4.78, 5) is 35.9. The van der Waals surface area contributed by atoms with Crippen LogP contribution >= 0.6 is 0 Å². The van der Waals surface area contributed by atoms with Gasteiger partial charge in [0.05, 0.1) is 5.69 Å². The highest BCUT2D eigenvalue weighted by molar-refractivity contribution is 6.02. The molecular formula is C19H15N5O2. The van der Waals surface area contributed by atoms with Gasteiger partial charge in [-0.15, -0.1) is 0 Å². The largest absolute Gasteiger partial charge is 0.364 e. The van der Waals surface area contributed by atoms with Crippen molar-refractivity contribution in [3.8, 4) is 17.1 Å². The number of hydrogen-bond acceptors (Lipinski definition) is 4. The summed E-state index contributed by atoms with van der Waals surface area (Å²) in [5.41, 5.74) is 7.96. The Hall–Kier alpha value is -3.74. The SMILES string of the molecule is Cc1cccc(-n2c(=O)[nH]c3c(C(N)=O)nc(-c4ccccc4)nc32)c1. The van der Waals surface area contributed by atoms with Crippen LogP contribution in [0.5, 0.6) is 0 Å². The summed E-state index contributed by atoms with van der Waals surface area (Å²) >= 11 is 0. The zero-order valence-electron chi connectivity index (χ0n) is 13.9. The Morgan fingerprint density at radius 1 is 1.08 bits per heavy atom. The summed E-state index contributed by atoms with van der Waals surface area (Å²) < 4.78 is 1.42. The van der Waals surface area contributed by atoms with Crippen molar-refractivity contribution < 1.29 is 4.79 Å². The first kappa shape index (κ1) is 15.8. The second-order valence-corrected chi connectivity index (χ2v) is 5.93. The minimum absolute atomic E-state index is 0.0163. The van der Waals surface area contributed by atoms with Crippen molar-refractivity contribution >= 4 is 17.1 Å². The Labute approximate surface area is 148 Å². The number of nitrogens with one attached hydrogen (secondary N) is 1. The third kappa shape index (κ3) is 2.55. The normalized spacial score (nSPS) is 11.0. The predicted octanol–water partition coefficient (Wildman–Crippen LogP) is 2.18. The number of primary amides is 1. The molecule has 1 amide bonds. The number of nitrogens with two attached hydrogens (primary N) is 1. The third-order valence-corrected chi connectivity index (χ3v) is 4.06. The lowest BCUT2D eigenvalue weighted by molar-refractivity contribution is 0.0997. The van der Waals surface area contributed by atoms with Crippen molar-refractivity contribution in [1.82, 2.24) is 19.5 Å². The Morgan fingerprint density at radius 2 is 1.85 bits per heavy atom. The maximum atomic E-state index is 12.6. The van der Waals surface area contributed by atoms with Crippen LogP contribution in [0.2, 0.25) is 0 Å². The summed E-state index contributed by atoms with van der Waals surface area (Å²) in [5, 5.41) is 0. The molecule has 3 N–H and O–H groups in total. The van der Waals surface area contributed by atoms with Gasteiger partial charge in [-0.05, 0) is 24.6 Å². The summed E-state index contributed by atoms with van der Waals surface area (Å²) in [6, 6.07) is 16.7. The van der Waals surface area contributed by atoms with E-state index in [1.807, 2.05) is 55.5 Å². The van der Waals surface area contributed by atoms with E-state index in [9.17, 15) is 9.59 Å². The van der Waals surface area contributed by atoms with Crippen LogP contribution in [0.1, 0.15) is 16.1 Å². The Balaban J connectivity index is 2.08. The molecule has 0 atom stereocenters. The molecule has 2 aromatic heterocycles. The number of carbonyl (C=O) groups excluding carboxylic acids is 1. The Bertz CT molecular complexity index is 1190. The topological polar surface area (TPSA) is 107 Å². The average Bonchev–Trinajstić information content (AvgIpc) is 2.97. The van der Waals surface area contributed by atoms with Gasteiger partial charge in [0.2, 0.25) is 0 Å². The lowest BCUT2D eigenvalue weighted by Gasteiger charge is -2.07. The van der Waals surface area contributed by atoms with Gasteiger partial charge in [-0.1, -0.05) is 42.5 Å². The number of H-pyrrole nitrogens is 1. The van der Waals surface area contributed by atoms with Crippen LogP contribution in [0, 0.1) is 6.92 Å². The molecule has 2 aromatic carbocycles. The molecule has 4 rings (SSSR count). The lowest BCUT2D eigenvalue weighted by Crippen LogP contribution is -2.15. The number of aromatic amines is 1. The number of nitrogens with zero attached hydrogens (tertiary/aromatic N) is 3. The quantitative estimate of drug-likeness (QED) is 0.593. The van der Waals surface area contributed by atoms with Gasteiger partial charge in [-0.2, -0.15) is 0 Å².